The number of thioether (sulfide) groups is 1. The van der Waals surface area contributed by atoms with Crippen LogP contribution in [0.15, 0.2) is 45.8 Å². The molecule has 0 N–H and O–H groups in total. The number of carbonyl (C=O) groups excluding carboxylic acids is 2. The Morgan fingerprint density at radius 3 is 2.71 bits per heavy atom. The maximum atomic E-state index is 12.8. The van der Waals surface area contributed by atoms with Gasteiger partial charge in [-0.15, -0.1) is 0 Å². The third kappa shape index (κ3) is 4.70. The lowest BCUT2D eigenvalue weighted by atomic mass is 10.1. The molecule has 0 bridgehead atoms. The molecular formula is C19H11BrCl2N2O3S. The van der Waals surface area contributed by atoms with E-state index < -0.39 is 11.1 Å². The van der Waals surface area contributed by atoms with Gasteiger partial charge in [0.05, 0.1) is 11.4 Å². The second-order valence-electron chi connectivity index (χ2n) is 5.63. The molecule has 28 heavy (non-hydrogen) atoms. The summed E-state index contributed by atoms with van der Waals surface area (Å²) >= 11 is 16.2. The van der Waals surface area contributed by atoms with Gasteiger partial charge in [0.2, 0.25) is 0 Å². The van der Waals surface area contributed by atoms with E-state index in [9.17, 15) is 9.59 Å². The highest BCUT2D eigenvalue weighted by atomic mass is 79.9. The van der Waals surface area contributed by atoms with E-state index in [1.807, 2.05) is 6.07 Å². The van der Waals surface area contributed by atoms with Gasteiger partial charge in [-0.05, 0) is 53.7 Å². The van der Waals surface area contributed by atoms with E-state index in [1.165, 1.54) is 0 Å². The molecule has 2 aromatic carbocycles. The molecule has 3 rings (SSSR count). The number of halogens is 3. The lowest BCUT2D eigenvalue weighted by molar-refractivity contribution is -0.123. The average Bonchev–Trinajstić information content (AvgIpc) is 2.90. The van der Waals surface area contributed by atoms with Crippen molar-refractivity contribution in [3.63, 3.8) is 0 Å². The minimum absolute atomic E-state index is 0.0499. The Morgan fingerprint density at radius 1 is 1.21 bits per heavy atom. The number of nitriles is 1. The van der Waals surface area contributed by atoms with Gasteiger partial charge < -0.3 is 4.74 Å². The molecule has 1 aliphatic heterocycles. The fraction of sp³-hybridized carbons (Fsp3) is 0.105. The van der Waals surface area contributed by atoms with E-state index in [0.717, 1.165) is 21.1 Å². The number of imide groups is 1. The Hall–Kier alpha value is -1.98. The highest BCUT2D eigenvalue weighted by molar-refractivity contribution is 9.10. The molecule has 2 aromatic rings. The molecule has 0 radical (unpaired) electrons. The minimum Gasteiger partial charge on any atom is -0.478 e. The van der Waals surface area contributed by atoms with Crippen molar-refractivity contribution in [3.8, 4) is 11.8 Å². The van der Waals surface area contributed by atoms with Gasteiger partial charge in [0, 0.05) is 20.1 Å². The zero-order chi connectivity index (χ0) is 20.3. The van der Waals surface area contributed by atoms with E-state index in [2.05, 4.69) is 15.9 Å². The predicted molar refractivity (Wildman–Crippen MR) is 113 cm³/mol. The number of hydrogen-bond donors (Lipinski definition) is 0. The number of rotatable bonds is 5. The van der Waals surface area contributed by atoms with Crippen LogP contribution in [0.5, 0.6) is 5.75 Å². The summed E-state index contributed by atoms with van der Waals surface area (Å²) in [6.45, 7) is -0.0761. The normalized spacial score (nSPS) is 15.2. The van der Waals surface area contributed by atoms with E-state index in [0.29, 0.717) is 26.9 Å². The first kappa shape index (κ1) is 20.7. The number of carbonyl (C=O) groups is 2. The largest absolute Gasteiger partial charge is 0.478 e. The Morgan fingerprint density at radius 2 is 2.00 bits per heavy atom. The van der Waals surface area contributed by atoms with Gasteiger partial charge in [0.15, 0.2) is 6.61 Å². The second kappa shape index (κ2) is 9.01. The molecule has 9 heteroatoms. The Balaban J connectivity index is 1.87. The lowest BCUT2D eigenvalue weighted by Gasteiger charge is -2.13. The monoisotopic (exact) mass is 496 g/mol. The van der Waals surface area contributed by atoms with Gasteiger partial charge in [0.1, 0.15) is 11.8 Å². The summed E-state index contributed by atoms with van der Waals surface area (Å²) in [6.07, 6.45) is 1.58. The highest BCUT2D eigenvalue weighted by Gasteiger charge is 2.35. The fourth-order valence-electron chi connectivity index (χ4n) is 2.47. The van der Waals surface area contributed by atoms with Crippen molar-refractivity contribution in [3.05, 3.63) is 66.9 Å². The van der Waals surface area contributed by atoms with Crippen LogP contribution < -0.4 is 4.74 Å². The van der Waals surface area contributed by atoms with Gasteiger partial charge in [-0.25, -0.2) is 0 Å². The van der Waals surface area contributed by atoms with Crippen molar-refractivity contribution in [2.45, 2.75) is 6.54 Å². The summed E-state index contributed by atoms with van der Waals surface area (Å²) in [5.41, 5.74) is 1.20. The summed E-state index contributed by atoms with van der Waals surface area (Å²) in [5.74, 6) is 0.0181. The topological polar surface area (TPSA) is 70.4 Å². The first-order chi connectivity index (χ1) is 13.4. The van der Waals surface area contributed by atoms with E-state index in [4.69, 9.17) is 33.2 Å². The number of amides is 2. The lowest BCUT2D eigenvalue weighted by Crippen LogP contribution is -2.27. The maximum Gasteiger partial charge on any atom is 0.293 e. The summed E-state index contributed by atoms with van der Waals surface area (Å²) < 4.78 is 6.16. The highest BCUT2D eigenvalue weighted by Crippen LogP contribution is 2.36. The molecule has 0 atom stereocenters. The van der Waals surface area contributed by atoms with Crippen LogP contribution in [0.25, 0.3) is 6.08 Å². The molecule has 1 saturated heterocycles. The Bertz CT molecular complexity index is 1040. The van der Waals surface area contributed by atoms with Gasteiger partial charge in [-0.2, -0.15) is 5.26 Å². The molecule has 1 heterocycles. The first-order valence-electron chi connectivity index (χ1n) is 7.87. The standard InChI is InChI=1S/C19H11BrCl2N2O3S/c20-13-2-4-16(27-6-5-23)12(7-13)8-17-18(25)24(19(26)28-17)10-11-1-3-14(21)9-15(11)22/h1-4,7-9H,6,10H2/b17-8-. The first-order valence-corrected chi connectivity index (χ1v) is 10.2. The SMILES string of the molecule is N#CCOc1ccc(Br)cc1/C=C1\SC(=O)N(Cc2ccc(Cl)cc2Cl)C1=O. The Kier molecular flexibility index (Phi) is 6.68. The van der Waals surface area contributed by atoms with Crippen LogP contribution in [-0.4, -0.2) is 22.7 Å². The molecule has 0 aliphatic carbocycles. The molecule has 1 fully saturated rings. The van der Waals surface area contributed by atoms with Gasteiger partial charge in [-0.3, -0.25) is 14.5 Å². The number of benzene rings is 2. The van der Waals surface area contributed by atoms with E-state index >= 15 is 0 Å². The van der Waals surface area contributed by atoms with Crippen molar-refractivity contribution in [1.82, 2.24) is 4.90 Å². The number of nitrogens with zero attached hydrogens (tertiary/aromatic N) is 2. The van der Waals surface area contributed by atoms with Crippen LogP contribution in [0.1, 0.15) is 11.1 Å². The zero-order valence-electron chi connectivity index (χ0n) is 14.1. The van der Waals surface area contributed by atoms with Crippen LogP contribution >= 0.6 is 50.9 Å². The molecule has 0 spiro atoms. The summed E-state index contributed by atoms with van der Waals surface area (Å²) in [4.78, 5) is 26.5. The van der Waals surface area contributed by atoms with E-state index in [1.54, 1.807) is 42.5 Å². The minimum atomic E-state index is -0.424. The number of hydrogen-bond acceptors (Lipinski definition) is 5. The zero-order valence-corrected chi connectivity index (χ0v) is 18.0. The average molecular weight is 498 g/mol. The molecule has 0 aromatic heterocycles. The molecule has 2 amide bonds. The van der Waals surface area contributed by atoms with Crippen molar-refractivity contribution in [2.75, 3.05) is 6.61 Å². The van der Waals surface area contributed by atoms with Crippen molar-refractivity contribution in [2.24, 2.45) is 0 Å². The molecule has 5 nitrogen and oxygen atoms in total. The predicted octanol–water partition coefficient (Wildman–Crippen LogP) is 5.89. The van der Waals surface area contributed by atoms with Crippen LogP contribution in [0.4, 0.5) is 4.79 Å². The van der Waals surface area contributed by atoms with Crippen LogP contribution in [0, 0.1) is 11.3 Å². The second-order valence-corrected chi connectivity index (χ2v) is 8.39. The maximum absolute atomic E-state index is 12.8. The molecule has 1 aliphatic rings. The summed E-state index contributed by atoms with van der Waals surface area (Å²) in [6, 6.07) is 12.0. The summed E-state index contributed by atoms with van der Waals surface area (Å²) in [5, 5.41) is 9.19. The van der Waals surface area contributed by atoms with Crippen LogP contribution in [0.2, 0.25) is 10.0 Å². The molecular weight excluding hydrogens is 487 g/mol. The van der Waals surface area contributed by atoms with Crippen LogP contribution in [0.3, 0.4) is 0 Å². The van der Waals surface area contributed by atoms with Gasteiger partial charge in [-0.1, -0.05) is 45.2 Å². The van der Waals surface area contributed by atoms with Gasteiger partial charge in [0.25, 0.3) is 11.1 Å². The van der Waals surface area contributed by atoms with Crippen molar-refractivity contribution >= 4 is 68.1 Å². The van der Waals surface area contributed by atoms with Crippen molar-refractivity contribution in [1.29, 1.82) is 5.26 Å². The molecule has 0 saturated carbocycles. The number of ether oxygens (including phenoxy) is 1. The molecule has 0 unspecified atom stereocenters. The summed E-state index contributed by atoms with van der Waals surface area (Å²) in [7, 11) is 0. The third-order valence-electron chi connectivity index (χ3n) is 3.77. The smallest absolute Gasteiger partial charge is 0.293 e. The fourth-order valence-corrected chi connectivity index (χ4v) is 4.15. The Labute approximate surface area is 184 Å². The third-order valence-corrected chi connectivity index (χ3v) is 5.76. The van der Waals surface area contributed by atoms with Gasteiger partial charge >= 0.3 is 0 Å². The van der Waals surface area contributed by atoms with Crippen LogP contribution in [-0.2, 0) is 11.3 Å². The van der Waals surface area contributed by atoms with Crippen molar-refractivity contribution < 1.29 is 14.3 Å². The quantitative estimate of drug-likeness (QED) is 0.481. The molecule has 142 valence electrons. The van der Waals surface area contributed by atoms with E-state index in [-0.39, 0.29) is 18.1 Å².